The SMILES string of the molecule is CC(C)C(CN(C)C)NC(=O)c1cc(N)ccc1[N+](=O)[O-]. The van der Waals surface area contributed by atoms with Gasteiger partial charge >= 0.3 is 0 Å². The third kappa shape index (κ3) is 4.71. The monoisotopic (exact) mass is 294 g/mol. The summed E-state index contributed by atoms with van der Waals surface area (Å²) in [5.41, 5.74) is 5.69. The number of likely N-dealkylation sites (N-methyl/N-ethyl adjacent to an activating group) is 1. The van der Waals surface area contributed by atoms with Gasteiger partial charge in [-0.25, -0.2) is 0 Å². The smallest absolute Gasteiger partial charge is 0.282 e. The summed E-state index contributed by atoms with van der Waals surface area (Å²) in [5, 5.41) is 13.9. The summed E-state index contributed by atoms with van der Waals surface area (Å²) in [6.45, 7) is 4.63. The van der Waals surface area contributed by atoms with E-state index in [4.69, 9.17) is 5.73 Å². The molecule has 7 nitrogen and oxygen atoms in total. The molecule has 1 atom stereocenters. The zero-order valence-corrected chi connectivity index (χ0v) is 12.8. The maximum absolute atomic E-state index is 12.3. The Morgan fingerprint density at radius 3 is 2.52 bits per heavy atom. The molecule has 21 heavy (non-hydrogen) atoms. The molecule has 0 aromatic heterocycles. The van der Waals surface area contributed by atoms with Gasteiger partial charge in [0.15, 0.2) is 0 Å². The van der Waals surface area contributed by atoms with Gasteiger partial charge in [0.2, 0.25) is 0 Å². The molecule has 116 valence electrons. The van der Waals surface area contributed by atoms with E-state index >= 15 is 0 Å². The molecule has 3 N–H and O–H groups in total. The van der Waals surface area contributed by atoms with Gasteiger partial charge in [-0.05, 0) is 32.1 Å². The Morgan fingerprint density at radius 1 is 1.43 bits per heavy atom. The first-order valence-corrected chi connectivity index (χ1v) is 6.72. The van der Waals surface area contributed by atoms with Crippen molar-refractivity contribution in [1.29, 1.82) is 0 Å². The number of carbonyl (C=O) groups is 1. The molecule has 1 rings (SSSR count). The number of nitrogens with two attached hydrogens (primary N) is 1. The van der Waals surface area contributed by atoms with E-state index in [9.17, 15) is 14.9 Å². The summed E-state index contributed by atoms with van der Waals surface area (Å²) in [6, 6.07) is 3.89. The van der Waals surface area contributed by atoms with Crippen LogP contribution in [-0.2, 0) is 0 Å². The van der Waals surface area contributed by atoms with Gasteiger partial charge in [-0.15, -0.1) is 0 Å². The van der Waals surface area contributed by atoms with Crippen LogP contribution >= 0.6 is 0 Å². The van der Waals surface area contributed by atoms with Crippen LogP contribution in [0.4, 0.5) is 11.4 Å². The number of hydrogen-bond acceptors (Lipinski definition) is 5. The van der Waals surface area contributed by atoms with E-state index in [-0.39, 0.29) is 23.2 Å². The first-order valence-electron chi connectivity index (χ1n) is 6.72. The number of carbonyl (C=O) groups excluding carboxylic acids is 1. The van der Waals surface area contributed by atoms with Crippen molar-refractivity contribution < 1.29 is 9.72 Å². The van der Waals surface area contributed by atoms with E-state index in [1.807, 2.05) is 32.8 Å². The summed E-state index contributed by atoms with van der Waals surface area (Å²) in [4.78, 5) is 24.7. The summed E-state index contributed by atoms with van der Waals surface area (Å²) in [6.07, 6.45) is 0. The molecule has 0 spiro atoms. The molecular weight excluding hydrogens is 272 g/mol. The third-order valence-corrected chi connectivity index (χ3v) is 3.15. The van der Waals surface area contributed by atoms with Gasteiger partial charge in [-0.3, -0.25) is 14.9 Å². The topological polar surface area (TPSA) is 102 Å². The van der Waals surface area contributed by atoms with Crippen molar-refractivity contribution in [2.75, 3.05) is 26.4 Å². The highest BCUT2D eigenvalue weighted by Crippen LogP contribution is 2.21. The predicted molar refractivity (Wildman–Crippen MR) is 82.2 cm³/mol. The number of nitrogen functional groups attached to an aromatic ring is 1. The second kappa shape index (κ2) is 7.03. The van der Waals surface area contributed by atoms with Crippen LogP contribution in [0, 0.1) is 16.0 Å². The van der Waals surface area contributed by atoms with Crippen LogP contribution < -0.4 is 11.1 Å². The van der Waals surface area contributed by atoms with Crippen molar-refractivity contribution in [1.82, 2.24) is 10.2 Å². The van der Waals surface area contributed by atoms with Crippen LogP contribution in [0.5, 0.6) is 0 Å². The molecule has 0 aliphatic rings. The number of nitro groups is 1. The lowest BCUT2D eigenvalue weighted by Gasteiger charge is -2.25. The van der Waals surface area contributed by atoms with Gasteiger partial charge in [-0.1, -0.05) is 13.8 Å². The molecule has 1 aromatic carbocycles. The number of benzene rings is 1. The van der Waals surface area contributed by atoms with E-state index in [0.29, 0.717) is 12.2 Å². The Morgan fingerprint density at radius 2 is 2.05 bits per heavy atom. The van der Waals surface area contributed by atoms with Crippen LogP contribution in [0.15, 0.2) is 18.2 Å². The zero-order valence-electron chi connectivity index (χ0n) is 12.8. The molecule has 0 heterocycles. The fraction of sp³-hybridized carbons (Fsp3) is 0.500. The van der Waals surface area contributed by atoms with E-state index in [2.05, 4.69) is 5.32 Å². The van der Waals surface area contributed by atoms with E-state index in [1.54, 1.807) is 0 Å². The van der Waals surface area contributed by atoms with Crippen LogP contribution in [-0.4, -0.2) is 42.4 Å². The minimum atomic E-state index is -0.579. The molecule has 0 radical (unpaired) electrons. The maximum Gasteiger partial charge on any atom is 0.282 e. The Hall–Kier alpha value is -2.15. The van der Waals surface area contributed by atoms with Gasteiger partial charge in [0.1, 0.15) is 5.56 Å². The molecule has 0 fully saturated rings. The first kappa shape index (κ1) is 16.9. The molecule has 1 amide bonds. The third-order valence-electron chi connectivity index (χ3n) is 3.15. The fourth-order valence-electron chi connectivity index (χ4n) is 1.96. The lowest BCUT2D eigenvalue weighted by Crippen LogP contribution is -2.45. The second-order valence-electron chi connectivity index (χ2n) is 5.62. The highest BCUT2D eigenvalue weighted by Gasteiger charge is 2.24. The Balaban J connectivity index is 3.02. The van der Waals surface area contributed by atoms with Crippen molar-refractivity contribution in [3.63, 3.8) is 0 Å². The largest absolute Gasteiger partial charge is 0.399 e. The summed E-state index contributed by atoms with van der Waals surface area (Å²) >= 11 is 0. The highest BCUT2D eigenvalue weighted by molar-refractivity contribution is 5.99. The van der Waals surface area contributed by atoms with Crippen LogP contribution in [0.25, 0.3) is 0 Å². The summed E-state index contributed by atoms with van der Waals surface area (Å²) in [7, 11) is 3.81. The molecule has 0 aliphatic heterocycles. The van der Waals surface area contributed by atoms with Gasteiger partial charge in [0.05, 0.1) is 4.92 Å². The number of nitro benzene ring substituents is 1. The van der Waals surface area contributed by atoms with Gasteiger partial charge in [0.25, 0.3) is 11.6 Å². The Kier molecular flexibility index (Phi) is 5.66. The molecule has 0 saturated heterocycles. The second-order valence-corrected chi connectivity index (χ2v) is 5.62. The van der Waals surface area contributed by atoms with Crippen LogP contribution in [0.2, 0.25) is 0 Å². The van der Waals surface area contributed by atoms with E-state index in [0.717, 1.165) is 0 Å². The van der Waals surface area contributed by atoms with Crippen molar-refractivity contribution in [2.45, 2.75) is 19.9 Å². The van der Waals surface area contributed by atoms with Crippen LogP contribution in [0.3, 0.4) is 0 Å². The van der Waals surface area contributed by atoms with E-state index < -0.39 is 10.8 Å². The van der Waals surface area contributed by atoms with Crippen LogP contribution in [0.1, 0.15) is 24.2 Å². The standard InChI is InChI=1S/C14H22N4O3/c1-9(2)12(8-17(3)4)16-14(19)11-7-10(15)5-6-13(11)18(20)21/h5-7,9,12H,8,15H2,1-4H3,(H,16,19). The fourth-order valence-corrected chi connectivity index (χ4v) is 1.96. The van der Waals surface area contributed by atoms with Crippen molar-refractivity contribution >= 4 is 17.3 Å². The summed E-state index contributed by atoms with van der Waals surface area (Å²) in [5.74, 6) is -0.272. The first-order chi connectivity index (χ1) is 9.72. The van der Waals surface area contributed by atoms with Gasteiger partial charge in [-0.2, -0.15) is 0 Å². The minimum Gasteiger partial charge on any atom is -0.399 e. The van der Waals surface area contributed by atoms with Crippen molar-refractivity contribution in [2.24, 2.45) is 5.92 Å². The number of rotatable bonds is 6. The number of nitrogens with one attached hydrogen (secondary N) is 1. The quantitative estimate of drug-likeness (QED) is 0.470. The normalized spacial score (nSPS) is 12.5. The van der Waals surface area contributed by atoms with Gasteiger partial charge < -0.3 is 16.0 Å². The average molecular weight is 294 g/mol. The molecule has 7 heteroatoms. The van der Waals surface area contributed by atoms with E-state index in [1.165, 1.54) is 18.2 Å². The van der Waals surface area contributed by atoms with Gasteiger partial charge in [0, 0.05) is 24.3 Å². The van der Waals surface area contributed by atoms with Crippen molar-refractivity contribution in [3.05, 3.63) is 33.9 Å². The molecule has 0 aliphatic carbocycles. The molecule has 0 bridgehead atoms. The lowest BCUT2D eigenvalue weighted by atomic mass is 10.0. The average Bonchev–Trinajstić information content (AvgIpc) is 2.36. The maximum atomic E-state index is 12.3. The summed E-state index contributed by atoms with van der Waals surface area (Å²) < 4.78 is 0. The minimum absolute atomic E-state index is 0.00981. The molecule has 0 saturated carbocycles. The number of amides is 1. The number of hydrogen-bond donors (Lipinski definition) is 2. The Bertz CT molecular complexity index is 529. The predicted octanol–water partition coefficient (Wildman–Crippen LogP) is 1.49. The highest BCUT2D eigenvalue weighted by atomic mass is 16.6. The molecule has 1 unspecified atom stereocenters. The number of anilines is 1. The Labute approximate surface area is 124 Å². The molecular formula is C14H22N4O3. The van der Waals surface area contributed by atoms with Crippen molar-refractivity contribution in [3.8, 4) is 0 Å². The number of nitrogens with zero attached hydrogens (tertiary/aromatic N) is 2. The lowest BCUT2D eigenvalue weighted by molar-refractivity contribution is -0.385. The molecule has 1 aromatic rings. The zero-order chi connectivity index (χ0) is 16.2.